The number of urea groups is 1. The van der Waals surface area contributed by atoms with E-state index in [-0.39, 0.29) is 24.2 Å². The molecule has 1 aliphatic rings. The summed E-state index contributed by atoms with van der Waals surface area (Å²) in [5.41, 5.74) is 6.92. The van der Waals surface area contributed by atoms with Crippen molar-refractivity contribution in [2.24, 2.45) is 11.7 Å². The molecule has 24 heavy (non-hydrogen) atoms. The van der Waals surface area contributed by atoms with Crippen LogP contribution in [0.2, 0.25) is 0 Å². The van der Waals surface area contributed by atoms with Gasteiger partial charge in [0.1, 0.15) is 5.75 Å². The first-order valence-electron chi connectivity index (χ1n) is 7.69. The second-order valence-corrected chi connectivity index (χ2v) is 5.93. The van der Waals surface area contributed by atoms with Crippen LogP contribution in [0.4, 0.5) is 19.3 Å². The lowest BCUT2D eigenvalue weighted by Gasteiger charge is -2.31. The van der Waals surface area contributed by atoms with Crippen molar-refractivity contribution < 1.29 is 23.1 Å². The molecule has 0 aliphatic carbocycles. The zero-order valence-electron chi connectivity index (χ0n) is 13.6. The Hall–Kier alpha value is -2.38. The van der Waals surface area contributed by atoms with Crippen molar-refractivity contribution in [2.75, 3.05) is 18.4 Å². The fraction of sp³-hybridized carbons (Fsp3) is 0.500. The second-order valence-electron chi connectivity index (χ2n) is 5.93. The Kier molecular flexibility index (Phi) is 5.58. The number of anilines is 1. The van der Waals surface area contributed by atoms with Gasteiger partial charge in [0.15, 0.2) is 0 Å². The molecule has 1 aromatic rings. The summed E-state index contributed by atoms with van der Waals surface area (Å²) in [7, 11) is 0. The predicted molar refractivity (Wildman–Crippen MR) is 85.1 cm³/mol. The summed E-state index contributed by atoms with van der Waals surface area (Å²) in [6, 6.07) is 2.70. The molecule has 1 atom stereocenters. The maximum absolute atomic E-state index is 12.4. The Morgan fingerprint density at radius 1 is 1.33 bits per heavy atom. The number of nitrogens with one attached hydrogen (secondary N) is 1. The van der Waals surface area contributed by atoms with Crippen LogP contribution in [0, 0.1) is 19.8 Å². The molecule has 132 valence electrons. The normalized spacial score (nSPS) is 17.7. The monoisotopic (exact) mass is 341 g/mol. The molecule has 1 aromatic carbocycles. The lowest BCUT2D eigenvalue weighted by molar-refractivity contribution is -0.123. The summed E-state index contributed by atoms with van der Waals surface area (Å²) in [4.78, 5) is 25.2. The van der Waals surface area contributed by atoms with Gasteiger partial charge in [0.2, 0.25) is 5.91 Å². The minimum Gasteiger partial charge on any atom is -0.435 e. The smallest absolute Gasteiger partial charge is 0.387 e. The molecule has 1 aliphatic heterocycles. The van der Waals surface area contributed by atoms with E-state index in [1.165, 1.54) is 11.0 Å². The number of carbonyl (C=O) groups excluding carboxylic acids is 2. The SMILES string of the molecule is Cc1cc(OC(F)F)c(C)cc1NC(=O)N1CCCC(C(N)=O)C1. The maximum atomic E-state index is 12.4. The first kappa shape index (κ1) is 18.0. The molecular weight excluding hydrogens is 320 g/mol. The van der Waals surface area contributed by atoms with Crippen LogP contribution in [0.3, 0.4) is 0 Å². The van der Waals surface area contributed by atoms with Gasteiger partial charge in [-0.25, -0.2) is 4.79 Å². The number of nitrogens with two attached hydrogens (primary N) is 1. The van der Waals surface area contributed by atoms with Gasteiger partial charge in [-0.2, -0.15) is 8.78 Å². The average Bonchev–Trinajstić information content (AvgIpc) is 2.51. The van der Waals surface area contributed by atoms with Crippen LogP contribution in [-0.2, 0) is 4.79 Å². The molecule has 2 rings (SSSR count). The number of primary amides is 1. The fourth-order valence-electron chi connectivity index (χ4n) is 2.74. The number of halogens is 2. The molecule has 3 amide bonds. The molecular formula is C16H21F2N3O3. The van der Waals surface area contributed by atoms with E-state index in [2.05, 4.69) is 10.1 Å². The van der Waals surface area contributed by atoms with Crippen LogP contribution in [-0.4, -0.2) is 36.5 Å². The summed E-state index contributed by atoms with van der Waals surface area (Å²) in [6.07, 6.45) is 1.39. The summed E-state index contributed by atoms with van der Waals surface area (Å²) >= 11 is 0. The second kappa shape index (κ2) is 7.46. The van der Waals surface area contributed by atoms with E-state index in [9.17, 15) is 18.4 Å². The number of hydrogen-bond donors (Lipinski definition) is 2. The number of carbonyl (C=O) groups is 2. The molecule has 1 heterocycles. The summed E-state index contributed by atoms with van der Waals surface area (Å²) < 4.78 is 29.1. The fourth-order valence-corrected chi connectivity index (χ4v) is 2.74. The Labute approximate surface area is 138 Å². The molecule has 1 saturated heterocycles. The van der Waals surface area contributed by atoms with Crippen LogP contribution in [0.1, 0.15) is 24.0 Å². The van der Waals surface area contributed by atoms with Gasteiger partial charge in [0.25, 0.3) is 0 Å². The van der Waals surface area contributed by atoms with Crippen molar-refractivity contribution in [1.29, 1.82) is 0 Å². The molecule has 0 spiro atoms. The Balaban J connectivity index is 2.08. The van der Waals surface area contributed by atoms with Gasteiger partial charge in [-0.15, -0.1) is 0 Å². The molecule has 3 N–H and O–H groups in total. The lowest BCUT2D eigenvalue weighted by Crippen LogP contribution is -2.45. The number of ether oxygens (including phenoxy) is 1. The molecule has 0 aromatic heterocycles. The Morgan fingerprint density at radius 2 is 2.04 bits per heavy atom. The highest BCUT2D eigenvalue weighted by Gasteiger charge is 2.27. The van der Waals surface area contributed by atoms with Crippen molar-refractivity contribution in [2.45, 2.75) is 33.3 Å². The highest BCUT2D eigenvalue weighted by Crippen LogP contribution is 2.28. The Morgan fingerprint density at radius 3 is 2.67 bits per heavy atom. The number of aryl methyl sites for hydroxylation is 2. The molecule has 1 unspecified atom stereocenters. The van der Waals surface area contributed by atoms with E-state index in [1.54, 1.807) is 19.9 Å². The quantitative estimate of drug-likeness (QED) is 0.883. The van der Waals surface area contributed by atoms with Gasteiger partial charge < -0.3 is 20.7 Å². The number of alkyl halides is 2. The molecule has 8 heteroatoms. The van der Waals surface area contributed by atoms with E-state index in [0.29, 0.717) is 36.2 Å². The third kappa shape index (κ3) is 4.33. The lowest BCUT2D eigenvalue weighted by atomic mass is 9.98. The van der Waals surface area contributed by atoms with E-state index < -0.39 is 12.5 Å². The van der Waals surface area contributed by atoms with Crippen molar-refractivity contribution in [3.63, 3.8) is 0 Å². The standard InChI is InChI=1S/C16H21F2N3O3/c1-9-7-13(24-15(17)18)10(2)6-12(9)20-16(23)21-5-3-4-11(8-21)14(19)22/h6-7,11,15H,3-5,8H2,1-2H3,(H2,19,22)(H,20,23). The number of likely N-dealkylation sites (tertiary alicyclic amines) is 1. The molecule has 0 saturated carbocycles. The van der Waals surface area contributed by atoms with Crippen molar-refractivity contribution >= 4 is 17.6 Å². The van der Waals surface area contributed by atoms with Gasteiger partial charge in [-0.3, -0.25) is 4.79 Å². The number of rotatable bonds is 4. The topological polar surface area (TPSA) is 84.7 Å². The minimum absolute atomic E-state index is 0.0762. The number of benzene rings is 1. The highest BCUT2D eigenvalue weighted by atomic mass is 19.3. The van der Waals surface area contributed by atoms with Crippen molar-refractivity contribution in [1.82, 2.24) is 4.90 Å². The van der Waals surface area contributed by atoms with E-state index in [0.717, 1.165) is 0 Å². The maximum Gasteiger partial charge on any atom is 0.387 e. The number of hydrogen-bond acceptors (Lipinski definition) is 3. The zero-order chi connectivity index (χ0) is 17.9. The van der Waals surface area contributed by atoms with Gasteiger partial charge >= 0.3 is 12.6 Å². The van der Waals surface area contributed by atoms with Crippen molar-refractivity contribution in [3.05, 3.63) is 23.3 Å². The third-order valence-electron chi connectivity index (χ3n) is 4.09. The number of nitrogens with zero attached hydrogens (tertiary/aromatic N) is 1. The van der Waals surface area contributed by atoms with Crippen LogP contribution in [0.25, 0.3) is 0 Å². The molecule has 0 bridgehead atoms. The highest BCUT2D eigenvalue weighted by molar-refractivity contribution is 5.91. The van der Waals surface area contributed by atoms with Crippen molar-refractivity contribution in [3.8, 4) is 5.75 Å². The van der Waals surface area contributed by atoms with E-state index in [4.69, 9.17) is 5.73 Å². The van der Waals surface area contributed by atoms with Gasteiger partial charge in [-0.05, 0) is 49.9 Å². The van der Waals surface area contributed by atoms with Crippen LogP contribution in [0.15, 0.2) is 12.1 Å². The largest absolute Gasteiger partial charge is 0.435 e. The molecule has 1 fully saturated rings. The van der Waals surface area contributed by atoms with Gasteiger partial charge in [-0.1, -0.05) is 0 Å². The Bertz CT molecular complexity index is 637. The van der Waals surface area contributed by atoms with E-state index >= 15 is 0 Å². The van der Waals surface area contributed by atoms with Crippen LogP contribution >= 0.6 is 0 Å². The predicted octanol–water partition coefficient (Wildman–Crippen LogP) is 2.63. The molecule has 6 nitrogen and oxygen atoms in total. The molecule has 0 radical (unpaired) electrons. The minimum atomic E-state index is -2.90. The first-order chi connectivity index (χ1) is 11.3. The number of piperidine rings is 1. The summed E-state index contributed by atoms with van der Waals surface area (Å²) in [5, 5.41) is 2.75. The summed E-state index contributed by atoms with van der Waals surface area (Å²) in [6.45, 7) is 1.24. The van der Waals surface area contributed by atoms with Gasteiger partial charge in [0.05, 0.1) is 5.92 Å². The summed E-state index contributed by atoms with van der Waals surface area (Å²) in [5.74, 6) is -0.672. The first-order valence-corrected chi connectivity index (χ1v) is 7.69. The third-order valence-corrected chi connectivity index (χ3v) is 4.09. The average molecular weight is 341 g/mol. The van der Waals surface area contributed by atoms with Crippen LogP contribution in [0.5, 0.6) is 5.75 Å². The van der Waals surface area contributed by atoms with Crippen LogP contribution < -0.4 is 15.8 Å². The zero-order valence-corrected chi connectivity index (χ0v) is 13.6. The number of amides is 3. The van der Waals surface area contributed by atoms with Gasteiger partial charge in [0, 0.05) is 18.8 Å². The van der Waals surface area contributed by atoms with E-state index in [1.807, 2.05) is 0 Å².